The SMILES string of the molecule is C=CC(=C)CCOC1CC=Nc2[nH]cc(CC#N)c21. The van der Waals surface area contributed by atoms with Gasteiger partial charge in [-0.3, -0.25) is 0 Å². The zero-order valence-electron chi connectivity index (χ0n) is 10.9. The molecule has 19 heavy (non-hydrogen) atoms. The monoisotopic (exact) mass is 255 g/mol. The number of aliphatic imine (C=N–C) groups is 1. The average molecular weight is 255 g/mol. The topological polar surface area (TPSA) is 61.2 Å². The van der Waals surface area contributed by atoms with Crippen LogP contribution in [-0.4, -0.2) is 17.8 Å². The van der Waals surface area contributed by atoms with Gasteiger partial charge in [-0.05, 0) is 12.0 Å². The Bertz CT molecular complexity index is 548. The van der Waals surface area contributed by atoms with E-state index in [9.17, 15) is 0 Å². The molecule has 0 saturated heterocycles. The molecule has 4 nitrogen and oxygen atoms in total. The van der Waals surface area contributed by atoms with E-state index < -0.39 is 0 Å². The predicted molar refractivity (Wildman–Crippen MR) is 75.5 cm³/mol. The third-order valence-corrected chi connectivity index (χ3v) is 3.15. The van der Waals surface area contributed by atoms with Crippen LogP contribution in [0.1, 0.15) is 30.1 Å². The highest BCUT2D eigenvalue weighted by molar-refractivity contribution is 5.69. The lowest BCUT2D eigenvalue weighted by atomic mass is 10.0. The third-order valence-electron chi connectivity index (χ3n) is 3.15. The van der Waals surface area contributed by atoms with E-state index >= 15 is 0 Å². The molecule has 2 heterocycles. The molecule has 1 aromatic rings. The van der Waals surface area contributed by atoms with Crippen molar-refractivity contribution in [1.82, 2.24) is 4.98 Å². The lowest BCUT2D eigenvalue weighted by molar-refractivity contribution is 0.0601. The van der Waals surface area contributed by atoms with Crippen molar-refractivity contribution in [1.29, 1.82) is 5.26 Å². The predicted octanol–water partition coefficient (Wildman–Crippen LogP) is 3.38. The Kier molecular flexibility index (Phi) is 4.32. The lowest BCUT2D eigenvalue weighted by Gasteiger charge is -2.20. The molecule has 4 heteroatoms. The molecule has 1 aliphatic rings. The maximum atomic E-state index is 8.84. The Hall–Kier alpha value is -2.12. The fourth-order valence-electron chi connectivity index (χ4n) is 2.10. The maximum Gasteiger partial charge on any atom is 0.135 e. The highest BCUT2D eigenvalue weighted by atomic mass is 16.5. The Morgan fingerprint density at radius 1 is 1.68 bits per heavy atom. The number of ether oxygens (including phenoxy) is 1. The van der Waals surface area contributed by atoms with E-state index in [0.29, 0.717) is 13.0 Å². The third kappa shape index (κ3) is 3.01. The van der Waals surface area contributed by atoms with Gasteiger partial charge in [0.25, 0.3) is 0 Å². The zero-order chi connectivity index (χ0) is 13.7. The second-order valence-corrected chi connectivity index (χ2v) is 4.43. The maximum absolute atomic E-state index is 8.84. The second kappa shape index (κ2) is 6.17. The van der Waals surface area contributed by atoms with Crippen molar-refractivity contribution in [2.24, 2.45) is 4.99 Å². The van der Waals surface area contributed by atoms with Crippen LogP contribution in [0.4, 0.5) is 5.82 Å². The van der Waals surface area contributed by atoms with Gasteiger partial charge in [-0.1, -0.05) is 24.8 Å². The summed E-state index contributed by atoms with van der Waals surface area (Å²) in [6, 6.07) is 2.17. The molecule has 0 bridgehead atoms. The van der Waals surface area contributed by atoms with Gasteiger partial charge in [-0.15, -0.1) is 0 Å². The van der Waals surface area contributed by atoms with Crippen molar-refractivity contribution < 1.29 is 4.74 Å². The normalized spacial score (nSPS) is 16.7. The molecule has 0 radical (unpaired) electrons. The van der Waals surface area contributed by atoms with Gasteiger partial charge < -0.3 is 9.72 Å². The number of hydrogen-bond donors (Lipinski definition) is 1. The lowest BCUT2D eigenvalue weighted by Crippen LogP contribution is -2.10. The van der Waals surface area contributed by atoms with E-state index in [1.165, 1.54) is 0 Å². The largest absolute Gasteiger partial charge is 0.373 e. The molecule has 98 valence electrons. The van der Waals surface area contributed by atoms with E-state index in [-0.39, 0.29) is 6.10 Å². The van der Waals surface area contributed by atoms with Crippen LogP contribution in [0.15, 0.2) is 36.0 Å². The van der Waals surface area contributed by atoms with Crippen molar-refractivity contribution in [3.8, 4) is 6.07 Å². The van der Waals surface area contributed by atoms with Crippen LogP contribution < -0.4 is 0 Å². The van der Waals surface area contributed by atoms with Crippen LogP contribution in [0.25, 0.3) is 0 Å². The van der Waals surface area contributed by atoms with Gasteiger partial charge in [0.1, 0.15) is 5.82 Å². The molecule has 1 N–H and O–H groups in total. The summed E-state index contributed by atoms with van der Waals surface area (Å²) in [5.74, 6) is 0.809. The first kappa shape index (κ1) is 13.3. The summed E-state index contributed by atoms with van der Waals surface area (Å²) in [5.41, 5.74) is 2.96. The van der Waals surface area contributed by atoms with Crippen LogP contribution in [0.2, 0.25) is 0 Å². The molecular weight excluding hydrogens is 238 g/mol. The first-order valence-electron chi connectivity index (χ1n) is 6.27. The number of nitrogens with one attached hydrogen (secondary N) is 1. The minimum Gasteiger partial charge on any atom is -0.373 e. The number of aromatic nitrogens is 1. The average Bonchev–Trinajstić information content (AvgIpc) is 2.83. The Morgan fingerprint density at radius 3 is 3.26 bits per heavy atom. The molecule has 1 unspecified atom stereocenters. The Morgan fingerprint density at radius 2 is 2.53 bits per heavy atom. The number of H-pyrrole nitrogens is 1. The van der Waals surface area contributed by atoms with Crippen LogP contribution in [0, 0.1) is 11.3 Å². The van der Waals surface area contributed by atoms with Gasteiger partial charge in [0.05, 0.1) is 25.2 Å². The van der Waals surface area contributed by atoms with Crippen LogP contribution in [0.5, 0.6) is 0 Å². The number of nitriles is 1. The van der Waals surface area contributed by atoms with Crippen LogP contribution in [0.3, 0.4) is 0 Å². The Labute approximate surface area is 113 Å². The van der Waals surface area contributed by atoms with Crippen LogP contribution >= 0.6 is 0 Å². The molecule has 1 atom stereocenters. The standard InChI is InChI=1S/C15H17N3O/c1-3-11(2)6-9-19-13-5-8-17-15-14(13)12(4-7-16)10-18-15/h3,8,10,13,18H,1-2,4-6,9H2. The number of hydrogen-bond acceptors (Lipinski definition) is 3. The number of rotatable bonds is 6. The van der Waals surface area contributed by atoms with E-state index in [1.54, 1.807) is 6.08 Å². The van der Waals surface area contributed by atoms with E-state index in [1.807, 2.05) is 12.4 Å². The van der Waals surface area contributed by atoms with E-state index in [0.717, 1.165) is 35.4 Å². The molecule has 2 rings (SSSR count). The summed E-state index contributed by atoms with van der Waals surface area (Å²) >= 11 is 0. The summed E-state index contributed by atoms with van der Waals surface area (Å²) in [4.78, 5) is 7.39. The molecular formula is C15H17N3O. The molecule has 0 spiro atoms. The number of aromatic amines is 1. The van der Waals surface area contributed by atoms with Crippen LogP contribution in [-0.2, 0) is 11.2 Å². The summed E-state index contributed by atoms with van der Waals surface area (Å²) in [7, 11) is 0. The molecule has 0 aliphatic carbocycles. The molecule has 0 amide bonds. The van der Waals surface area contributed by atoms with E-state index in [2.05, 4.69) is 29.2 Å². The minimum absolute atomic E-state index is 0.0280. The van der Waals surface area contributed by atoms with Crippen molar-refractivity contribution in [2.45, 2.75) is 25.4 Å². The summed E-state index contributed by atoms with van der Waals surface area (Å²) in [6.07, 6.45) is 7.29. The highest BCUT2D eigenvalue weighted by Gasteiger charge is 2.23. The zero-order valence-corrected chi connectivity index (χ0v) is 10.9. The molecule has 0 fully saturated rings. The first-order valence-corrected chi connectivity index (χ1v) is 6.27. The van der Waals surface area contributed by atoms with Crippen molar-refractivity contribution >= 4 is 12.0 Å². The first-order chi connectivity index (χ1) is 9.26. The fourth-order valence-corrected chi connectivity index (χ4v) is 2.10. The fraction of sp³-hybridized carbons (Fsp3) is 0.333. The van der Waals surface area contributed by atoms with Gasteiger partial charge in [-0.2, -0.15) is 5.26 Å². The van der Waals surface area contributed by atoms with Gasteiger partial charge in [0.2, 0.25) is 0 Å². The Balaban J connectivity index is 2.06. The van der Waals surface area contributed by atoms with Gasteiger partial charge in [0, 0.05) is 24.4 Å². The highest BCUT2D eigenvalue weighted by Crippen LogP contribution is 2.36. The quantitative estimate of drug-likeness (QED) is 0.792. The summed E-state index contributed by atoms with van der Waals surface area (Å²) in [6.45, 7) is 8.14. The smallest absolute Gasteiger partial charge is 0.135 e. The minimum atomic E-state index is -0.0280. The van der Waals surface area contributed by atoms with Crippen molar-refractivity contribution in [3.05, 3.63) is 42.1 Å². The number of allylic oxidation sites excluding steroid dienone is 1. The van der Waals surface area contributed by atoms with Crippen molar-refractivity contribution in [2.75, 3.05) is 6.61 Å². The van der Waals surface area contributed by atoms with Gasteiger partial charge >= 0.3 is 0 Å². The molecule has 0 saturated carbocycles. The van der Waals surface area contributed by atoms with E-state index in [4.69, 9.17) is 10.00 Å². The van der Waals surface area contributed by atoms with Gasteiger partial charge in [0.15, 0.2) is 0 Å². The summed E-state index contributed by atoms with van der Waals surface area (Å²) in [5, 5.41) is 8.84. The number of nitrogens with zero attached hydrogens (tertiary/aromatic N) is 2. The number of fused-ring (bicyclic) bond motifs is 1. The van der Waals surface area contributed by atoms with Crippen molar-refractivity contribution in [3.63, 3.8) is 0 Å². The molecule has 0 aromatic carbocycles. The summed E-state index contributed by atoms with van der Waals surface area (Å²) < 4.78 is 5.90. The van der Waals surface area contributed by atoms with Gasteiger partial charge in [-0.25, -0.2) is 4.99 Å². The second-order valence-electron chi connectivity index (χ2n) is 4.43. The molecule has 1 aromatic heterocycles. The molecule has 1 aliphatic heterocycles.